The molecular weight excluding hydrogens is 302 g/mol. The molecule has 1 aliphatic rings. The van der Waals surface area contributed by atoms with Crippen molar-refractivity contribution in [1.82, 2.24) is 0 Å². The first-order valence-corrected chi connectivity index (χ1v) is 6.60. The van der Waals surface area contributed by atoms with E-state index in [1.54, 1.807) is 12.1 Å². The summed E-state index contributed by atoms with van der Waals surface area (Å²) in [5.41, 5.74) is 0.00487. The van der Waals surface area contributed by atoms with Crippen LogP contribution in [0.2, 0.25) is 0 Å². The number of rotatable bonds is 4. The Morgan fingerprint density at radius 2 is 2.17 bits per heavy atom. The fourth-order valence-corrected chi connectivity index (χ4v) is 2.22. The molecule has 1 heterocycles. The Morgan fingerprint density at radius 3 is 2.83 bits per heavy atom. The molecule has 1 fully saturated rings. The van der Waals surface area contributed by atoms with Crippen LogP contribution in [0.4, 0.5) is 5.69 Å². The van der Waals surface area contributed by atoms with Crippen LogP contribution in [0.5, 0.6) is 5.75 Å². The van der Waals surface area contributed by atoms with Crippen LogP contribution >= 0.6 is 15.9 Å². The van der Waals surface area contributed by atoms with Gasteiger partial charge in [0.2, 0.25) is 0 Å². The van der Waals surface area contributed by atoms with Gasteiger partial charge in [0.1, 0.15) is 0 Å². The third-order valence-corrected chi connectivity index (χ3v) is 3.43. The minimum atomic E-state index is -0.425. The summed E-state index contributed by atoms with van der Waals surface area (Å²) in [6.07, 6.45) is 1.89. The maximum atomic E-state index is 10.9. The van der Waals surface area contributed by atoms with E-state index in [1.165, 1.54) is 6.07 Å². The highest BCUT2D eigenvalue weighted by atomic mass is 79.9. The number of halogens is 1. The van der Waals surface area contributed by atoms with Crippen molar-refractivity contribution < 1.29 is 14.4 Å². The third kappa shape index (κ3) is 3.43. The van der Waals surface area contributed by atoms with Crippen LogP contribution in [0.25, 0.3) is 0 Å². The van der Waals surface area contributed by atoms with E-state index in [0.29, 0.717) is 18.3 Å². The number of hydrogen-bond donors (Lipinski definition) is 0. The molecule has 0 aromatic heterocycles. The molecule has 0 spiro atoms. The highest BCUT2D eigenvalue weighted by molar-refractivity contribution is 9.10. The van der Waals surface area contributed by atoms with Gasteiger partial charge < -0.3 is 9.47 Å². The predicted molar refractivity (Wildman–Crippen MR) is 69.8 cm³/mol. The van der Waals surface area contributed by atoms with E-state index >= 15 is 0 Å². The quantitative estimate of drug-likeness (QED) is 0.632. The number of hydrogen-bond acceptors (Lipinski definition) is 4. The zero-order valence-electron chi connectivity index (χ0n) is 9.80. The van der Waals surface area contributed by atoms with Crippen molar-refractivity contribution in [2.75, 3.05) is 19.8 Å². The van der Waals surface area contributed by atoms with Crippen LogP contribution in [0, 0.1) is 16.0 Å². The Bertz CT molecular complexity index is 432. The maximum absolute atomic E-state index is 10.9. The first kappa shape index (κ1) is 13.3. The molecule has 1 aromatic rings. The molecule has 5 nitrogen and oxygen atoms in total. The normalized spacial score (nSPS) is 16.5. The van der Waals surface area contributed by atoms with Crippen LogP contribution in [-0.4, -0.2) is 24.7 Å². The summed E-state index contributed by atoms with van der Waals surface area (Å²) in [5, 5.41) is 10.9. The Labute approximate surface area is 113 Å². The maximum Gasteiger partial charge on any atom is 0.310 e. The van der Waals surface area contributed by atoms with Crippen molar-refractivity contribution in [2.45, 2.75) is 12.8 Å². The molecule has 0 amide bonds. The molecule has 1 aromatic carbocycles. The first-order chi connectivity index (χ1) is 8.66. The lowest BCUT2D eigenvalue weighted by Crippen LogP contribution is -2.21. The largest absolute Gasteiger partial charge is 0.486 e. The van der Waals surface area contributed by atoms with Gasteiger partial charge in [0.15, 0.2) is 5.75 Å². The highest BCUT2D eigenvalue weighted by Crippen LogP contribution is 2.31. The number of nitro groups is 1. The smallest absolute Gasteiger partial charge is 0.310 e. The van der Waals surface area contributed by atoms with Gasteiger partial charge >= 0.3 is 5.69 Å². The Kier molecular flexibility index (Phi) is 4.54. The highest BCUT2D eigenvalue weighted by Gasteiger charge is 2.19. The van der Waals surface area contributed by atoms with Crippen LogP contribution in [-0.2, 0) is 4.74 Å². The summed E-state index contributed by atoms with van der Waals surface area (Å²) in [4.78, 5) is 10.4. The van der Waals surface area contributed by atoms with Gasteiger partial charge in [-0.1, -0.05) is 15.9 Å². The zero-order chi connectivity index (χ0) is 13.0. The molecule has 2 rings (SSSR count). The van der Waals surface area contributed by atoms with E-state index in [2.05, 4.69) is 15.9 Å². The Balaban J connectivity index is 2.03. The molecule has 1 saturated heterocycles. The lowest BCUT2D eigenvalue weighted by Gasteiger charge is -2.22. The van der Waals surface area contributed by atoms with Crippen LogP contribution in [0.15, 0.2) is 22.7 Å². The molecule has 0 saturated carbocycles. The second-order valence-electron chi connectivity index (χ2n) is 4.24. The van der Waals surface area contributed by atoms with Crippen molar-refractivity contribution in [2.24, 2.45) is 5.92 Å². The summed E-state index contributed by atoms with van der Waals surface area (Å²) < 4.78 is 11.6. The molecule has 18 heavy (non-hydrogen) atoms. The van der Waals surface area contributed by atoms with Crippen molar-refractivity contribution in [1.29, 1.82) is 0 Å². The molecule has 98 valence electrons. The van der Waals surface area contributed by atoms with Gasteiger partial charge in [0.25, 0.3) is 0 Å². The van der Waals surface area contributed by atoms with Gasteiger partial charge in [-0.15, -0.1) is 0 Å². The molecule has 1 aliphatic heterocycles. The fourth-order valence-electron chi connectivity index (χ4n) is 1.88. The molecule has 0 aliphatic carbocycles. The van der Waals surface area contributed by atoms with E-state index in [1.807, 2.05) is 0 Å². The first-order valence-electron chi connectivity index (χ1n) is 5.81. The van der Waals surface area contributed by atoms with Crippen LogP contribution < -0.4 is 4.74 Å². The van der Waals surface area contributed by atoms with Crippen molar-refractivity contribution in [3.8, 4) is 5.75 Å². The molecule has 0 bridgehead atoms. The van der Waals surface area contributed by atoms with E-state index in [9.17, 15) is 10.1 Å². The molecule has 6 heteroatoms. The Morgan fingerprint density at radius 1 is 1.44 bits per heavy atom. The van der Waals surface area contributed by atoms with Gasteiger partial charge in [-0.25, -0.2) is 0 Å². The zero-order valence-corrected chi connectivity index (χ0v) is 11.4. The second-order valence-corrected chi connectivity index (χ2v) is 5.15. The topological polar surface area (TPSA) is 61.6 Å². The Hall–Kier alpha value is -1.14. The predicted octanol–water partition coefficient (Wildman–Crippen LogP) is 3.16. The second kappa shape index (κ2) is 6.15. The van der Waals surface area contributed by atoms with Gasteiger partial charge in [-0.2, -0.15) is 0 Å². The number of ether oxygens (including phenoxy) is 2. The summed E-state index contributed by atoms with van der Waals surface area (Å²) >= 11 is 3.29. The van der Waals surface area contributed by atoms with Crippen LogP contribution in [0.3, 0.4) is 0 Å². The summed E-state index contributed by atoms with van der Waals surface area (Å²) in [6.45, 7) is 1.99. The number of nitro benzene ring substituents is 1. The molecule has 0 atom stereocenters. The average molecular weight is 316 g/mol. The fraction of sp³-hybridized carbons (Fsp3) is 0.500. The van der Waals surface area contributed by atoms with Crippen molar-refractivity contribution >= 4 is 21.6 Å². The van der Waals surface area contributed by atoms with Crippen molar-refractivity contribution in [3.05, 3.63) is 32.8 Å². The van der Waals surface area contributed by atoms with E-state index in [0.717, 1.165) is 30.5 Å². The van der Waals surface area contributed by atoms with E-state index in [-0.39, 0.29) is 5.69 Å². The van der Waals surface area contributed by atoms with Crippen molar-refractivity contribution in [3.63, 3.8) is 0 Å². The molecule has 0 unspecified atom stereocenters. The SMILES string of the molecule is O=[N+]([O-])c1ccc(Br)cc1OCC1CCOCC1. The number of benzene rings is 1. The minimum absolute atomic E-state index is 0.00487. The van der Waals surface area contributed by atoms with E-state index in [4.69, 9.17) is 9.47 Å². The molecule has 0 radical (unpaired) electrons. The minimum Gasteiger partial charge on any atom is -0.486 e. The summed E-state index contributed by atoms with van der Waals surface area (Å²) in [6, 6.07) is 4.72. The van der Waals surface area contributed by atoms with E-state index < -0.39 is 4.92 Å². The molecular formula is C12H14BrNO4. The lowest BCUT2D eigenvalue weighted by molar-refractivity contribution is -0.385. The monoisotopic (exact) mass is 315 g/mol. The lowest BCUT2D eigenvalue weighted by atomic mass is 10.0. The average Bonchev–Trinajstić information content (AvgIpc) is 2.37. The standard InChI is InChI=1S/C12H14BrNO4/c13-10-1-2-11(14(15)16)12(7-10)18-8-9-3-5-17-6-4-9/h1-2,7,9H,3-6,8H2. The van der Waals surface area contributed by atoms with Gasteiger partial charge in [0, 0.05) is 29.8 Å². The van der Waals surface area contributed by atoms with Crippen LogP contribution in [0.1, 0.15) is 12.8 Å². The number of nitrogens with zero attached hydrogens (tertiary/aromatic N) is 1. The van der Waals surface area contributed by atoms with Gasteiger partial charge in [-0.05, 0) is 24.8 Å². The third-order valence-electron chi connectivity index (χ3n) is 2.93. The molecule has 0 N–H and O–H groups in total. The van der Waals surface area contributed by atoms with Gasteiger partial charge in [-0.3, -0.25) is 10.1 Å². The van der Waals surface area contributed by atoms with Gasteiger partial charge in [0.05, 0.1) is 11.5 Å². The summed E-state index contributed by atoms with van der Waals surface area (Å²) in [7, 11) is 0. The summed E-state index contributed by atoms with van der Waals surface area (Å²) in [5.74, 6) is 0.734.